The minimum atomic E-state index is -0.985. The van der Waals surface area contributed by atoms with Gasteiger partial charge in [0.15, 0.2) is 0 Å². The molecular formula is C20H17N3O3. The summed E-state index contributed by atoms with van der Waals surface area (Å²) in [5, 5.41) is 13.7. The van der Waals surface area contributed by atoms with Crippen molar-refractivity contribution >= 4 is 11.9 Å². The van der Waals surface area contributed by atoms with Crippen LogP contribution < -0.4 is 0 Å². The van der Waals surface area contributed by atoms with Crippen LogP contribution in [-0.2, 0) is 17.8 Å². The molecule has 2 heterocycles. The SMILES string of the molecule is O=C(O)[C@H]1Cc2ccccc2CN1C(=O)c1ccc(-n2cccn2)cc1. The van der Waals surface area contributed by atoms with Gasteiger partial charge in [0.1, 0.15) is 6.04 Å². The van der Waals surface area contributed by atoms with Gasteiger partial charge in [0, 0.05) is 30.9 Å². The summed E-state index contributed by atoms with van der Waals surface area (Å²) in [4.78, 5) is 26.1. The molecule has 0 radical (unpaired) electrons. The van der Waals surface area contributed by atoms with Gasteiger partial charge in [-0.2, -0.15) is 5.10 Å². The molecule has 4 rings (SSSR count). The molecule has 0 fully saturated rings. The molecule has 0 saturated carbocycles. The van der Waals surface area contributed by atoms with Crippen LogP contribution in [0.4, 0.5) is 0 Å². The summed E-state index contributed by atoms with van der Waals surface area (Å²) in [6.07, 6.45) is 3.82. The van der Waals surface area contributed by atoms with Crippen molar-refractivity contribution in [2.45, 2.75) is 19.0 Å². The third kappa shape index (κ3) is 2.86. The lowest BCUT2D eigenvalue weighted by molar-refractivity contribution is -0.142. The van der Waals surface area contributed by atoms with Crippen LogP contribution in [0, 0.1) is 0 Å². The van der Waals surface area contributed by atoms with E-state index in [1.165, 1.54) is 4.90 Å². The second-order valence-corrected chi connectivity index (χ2v) is 6.26. The minimum absolute atomic E-state index is 0.279. The maximum absolute atomic E-state index is 13.0. The molecule has 1 aliphatic rings. The molecule has 26 heavy (non-hydrogen) atoms. The van der Waals surface area contributed by atoms with E-state index in [1.807, 2.05) is 36.5 Å². The number of aromatic nitrogens is 2. The Bertz CT molecular complexity index is 949. The Balaban J connectivity index is 1.63. The first-order chi connectivity index (χ1) is 12.6. The van der Waals surface area contributed by atoms with Crippen LogP contribution in [0.5, 0.6) is 0 Å². The topological polar surface area (TPSA) is 75.4 Å². The van der Waals surface area contributed by atoms with E-state index in [0.29, 0.717) is 18.5 Å². The number of carboxylic acid groups (broad SMARTS) is 1. The number of hydrogen-bond donors (Lipinski definition) is 1. The Morgan fingerprint density at radius 3 is 2.38 bits per heavy atom. The fourth-order valence-electron chi connectivity index (χ4n) is 3.30. The summed E-state index contributed by atoms with van der Waals surface area (Å²) in [6.45, 7) is 0.298. The highest BCUT2D eigenvalue weighted by Crippen LogP contribution is 2.25. The molecule has 1 aromatic heterocycles. The van der Waals surface area contributed by atoms with Crippen molar-refractivity contribution in [2.24, 2.45) is 0 Å². The van der Waals surface area contributed by atoms with Gasteiger partial charge in [0.05, 0.1) is 5.69 Å². The van der Waals surface area contributed by atoms with E-state index in [1.54, 1.807) is 35.1 Å². The monoisotopic (exact) mass is 347 g/mol. The molecule has 0 unspecified atom stereocenters. The smallest absolute Gasteiger partial charge is 0.326 e. The molecule has 1 aliphatic heterocycles. The molecule has 1 atom stereocenters. The lowest BCUT2D eigenvalue weighted by Crippen LogP contribution is -2.48. The van der Waals surface area contributed by atoms with Crippen molar-refractivity contribution in [3.05, 3.63) is 83.7 Å². The summed E-state index contributed by atoms with van der Waals surface area (Å²) in [5.41, 5.74) is 3.28. The van der Waals surface area contributed by atoms with E-state index < -0.39 is 12.0 Å². The van der Waals surface area contributed by atoms with Crippen molar-refractivity contribution < 1.29 is 14.7 Å². The van der Waals surface area contributed by atoms with Crippen LogP contribution in [0.1, 0.15) is 21.5 Å². The Kier molecular flexibility index (Phi) is 4.01. The van der Waals surface area contributed by atoms with Crippen molar-refractivity contribution in [1.29, 1.82) is 0 Å². The molecule has 0 aliphatic carbocycles. The van der Waals surface area contributed by atoms with Crippen LogP contribution in [0.25, 0.3) is 5.69 Å². The number of benzene rings is 2. The van der Waals surface area contributed by atoms with Crippen LogP contribution in [-0.4, -0.2) is 37.7 Å². The van der Waals surface area contributed by atoms with Crippen molar-refractivity contribution in [3.63, 3.8) is 0 Å². The highest BCUT2D eigenvalue weighted by Gasteiger charge is 2.34. The van der Waals surface area contributed by atoms with E-state index in [4.69, 9.17) is 0 Å². The molecular weight excluding hydrogens is 330 g/mol. The van der Waals surface area contributed by atoms with E-state index in [9.17, 15) is 14.7 Å². The van der Waals surface area contributed by atoms with Gasteiger partial charge in [-0.1, -0.05) is 24.3 Å². The van der Waals surface area contributed by atoms with Crippen molar-refractivity contribution in [1.82, 2.24) is 14.7 Å². The normalized spacial score (nSPS) is 16.2. The van der Waals surface area contributed by atoms with Gasteiger partial charge >= 0.3 is 5.97 Å². The first-order valence-corrected chi connectivity index (χ1v) is 8.34. The molecule has 3 aromatic rings. The lowest BCUT2D eigenvalue weighted by atomic mass is 9.93. The maximum atomic E-state index is 13.0. The van der Waals surface area contributed by atoms with Crippen molar-refractivity contribution in [3.8, 4) is 5.69 Å². The second-order valence-electron chi connectivity index (χ2n) is 6.26. The number of carbonyl (C=O) groups is 2. The Morgan fingerprint density at radius 1 is 1.00 bits per heavy atom. The van der Waals surface area contributed by atoms with Crippen LogP contribution in [0.3, 0.4) is 0 Å². The zero-order valence-corrected chi connectivity index (χ0v) is 13.9. The van der Waals surface area contributed by atoms with Gasteiger partial charge in [-0.05, 0) is 41.5 Å². The fourth-order valence-corrected chi connectivity index (χ4v) is 3.30. The first-order valence-electron chi connectivity index (χ1n) is 8.34. The van der Waals surface area contributed by atoms with Crippen LogP contribution in [0.2, 0.25) is 0 Å². The number of carboxylic acids is 1. The molecule has 0 spiro atoms. The lowest BCUT2D eigenvalue weighted by Gasteiger charge is -2.34. The summed E-state index contributed by atoms with van der Waals surface area (Å²) >= 11 is 0. The number of hydrogen-bond acceptors (Lipinski definition) is 3. The van der Waals surface area contributed by atoms with Crippen LogP contribution >= 0.6 is 0 Å². The van der Waals surface area contributed by atoms with E-state index >= 15 is 0 Å². The third-order valence-electron chi connectivity index (χ3n) is 4.68. The molecule has 0 bridgehead atoms. The summed E-state index contributed by atoms with van der Waals surface area (Å²) in [6, 6.07) is 15.6. The van der Waals surface area contributed by atoms with E-state index in [0.717, 1.165) is 16.8 Å². The van der Waals surface area contributed by atoms with Gasteiger partial charge in [0.2, 0.25) is 0 Å². The fraction of sp³-hybridized carbons (Fsp3) is 0.150. The van der Waals surface area contributed by atoms with E-state index in [-0.39, 0.29) is 5.91 Å². The highest BCUT2D eigenvalue weighted by molar-refractivity contribution is 5.97. The minimum Gasteiger partial charge on any atom is -0.480 e. The molecule has 130 valence electrons. The number of amides is 1. The van der Waals surface area contributed by atoms with Gasteiger partial charge in [-0.25, -0.2) is 9.48 Å². The Labute approximate surface area is 150 Å². The van der Waals surface area contributed by atoms with Gasteiger partial charge in [0.25, 0.3) is 5.91 Å². The molecule has 2 aromatic carbocycles. The second kappa shape index (κ2) is 6.48. The number of fused-ring (bicyclic) bond motifs is 1. The third-order valence-corrected chi connectivity index (χ3v) is 4.68. The van der Waals surface area contributed by atoms with Crippen LogP contribution in [0.15, 0.2) is 67.0 Å². The number of rotatable bonds is 3. The number of nitrogens with zero attached hydrogens (tertiary/aromatic N) is 3. The Morgan fingerprint density at radius 2 is 1.73 bits per heavy atom. The van der Waals surface area contributed by atoms with Crippen molar-refractivity contribution in [2.75, 3.05) is 0 Å². The van der Waals surface area contributed by atoms with Gasteiger partial charge in [-0.15, -0.1) is 0 Å². The first kappa shape index (κ1) is 16.1. The predicted octanol–water partition coefficient (Wildman–Crippen LogP) is 2.52. The molecule has 1 amide bonds. The zero-order valence-electron chi connectivity index (χ0n) is 13.9. The molecule has 1 N–H and O–H groups in total. The largest absolute Gasteiger partial charge is 0.480 e. The van der Waals surface area contributed by atoms with Gasteiger partial charge < -0.3 is 10.0 Å². The van der Waals surface area contributed by atoms with E-state index in [2.05, 4.69) is 5.10 Å². The summed E-state index contributed by atoms with van der Waals surface area (Å²) in [5.74, 6) is -1.26. The average Bonchev–Trinajstić information content (AvgIpc) is 3.21. The highest BCUT2D eigenvalue weighted by atomic mass is 16.4. The molecule has 6 nitrogen and oxygen atoms in total. The number of carbonyl (C=O) groups excluding carboxylic acids is 1. The predicted molar refractivity (Wildman–Crippen MR) is 95.0 cm³/mol. The quantitative estimate of drug-likeness (QED) is 0.790. The standard InChI is InChI=1S/C20H17N3O3/c24-19(14-6-8-17(9-7-14)23-11-3-10-21-23)22-13-16-5-2-1-4-15(16)12-18(22)20(25)26/h1-11,18H,12-13H2,(H,25,26)/t18-/m1/s1. The zero-order chi connectivity index (χ0) is 18.1. The summed E-state index contributed by atoms with van der Waals surface area (Å²) in [7, 11) is 0. The molecule has 6 heteroatoms. The Hall–Kier alpha value is -3.41. The van der Waals surface area contributed by atoms with Gasteiger partial charge in [-0.3, -0.25) is 4.79 Å². The average molecular weight is 347 g/mol. The number of aliphatic carboxylic acids is 1. The maximum Gasteiger partial charge on any atom is 0.326 e. The summed E-state index contributed by atoms with van der Waals surface area (Å²) < 4.78 is 1.70. The molecule has 0 saturated heterocycles.